The van der Waals surface area contributed by atoms with E-state index in [1.54, 1.807) is 0 Å². The van der Waals surface area contributed by atoms with Crippen LogP contribution in [0.3, 0.4) is 0 Å². The minimum absolute atomic E-state index is 0.118. The fourth-order valence-electron chi connectivity index (χ4n) is 2.29. The average molecular weight is 236 g/mol. The summed E-state index contributed by atoms with van der Waals surface area (Å²) in [6.45, 7) is 0. The molecule has 3 N–H and O–H groups in total. The number of aliphatic hydroxyl groups is 1. The average Bonchev–Trinajstić information content (AvgIpc) is 2.83. The van der Waals surface area contributed by atoms with Crippen LogP contribution in [0.2, 0.25) is 0 Å². The summed E-state index contributed by atoms with van der Waals surface area (Å²) in [5.74, 6) is 0.118. The van der Waals surface area contributed by atoms with Crippen LogP contribution >= 0.6 is 0 Å². The van der Waals surface area contributed by atoms with Gasteiger partial charge in [0, 0.05) is 24.9 Å². The normalized spacial score (nSPS) is 24.5. The van der Waals surface area contributed by atoms with Gasteiger partial charge in [-0.25, -0.2) is 0 Å². The summed E-state index contributed by atoms with van der Waals surface area (Å²) in [4.78, 5) is 14.7. The van der Waals surface area contributed by atoms with Crippen molar-refractivity contribution in [3.8, 4) is 0 Å². The molecule has 4 nitrogen and oxygen atoms in total. The highest BCUT2D eigenvalue weighted by atomic mass is 16.3. The van der Waals surface area contributed by atoms with Gasteiger partial charge in [0.15, 0.2) is 0 Å². The van der Waals surface area contributed by atoms with Crippen molar-refractivity contribution in [2.24, 2.45) is 0 Å². The van der Waals surface area contributed by atoms with Crippen molar-refractivity contribution < 1.29 is 9.90 Å². The van der Waals surface area contributed by atoms with Gasteiger partial charge >= 0.3 is 0 Å². The van der Waals surface area contributed by atoms with Crippen LogP contribution in [0.25, 0.3) is 0 Å². The second-order valence-electron chi connectivity index (χ2n) is 4.79. The van der Waals surface area contributed by atoms with E-state index in [9.17, 15) is 9.90 Å². The molecule has 0 unspecified atom stereocenters. The monoisotopic (exact) mass is 236 g/mol. The van der Waals surface area contributed by atoms with E-state index < -0.39 is 0 Å². The highest BCUT2D eigenvalue weighted by molar-refractivity contribution is 5.76. The number of rotatable bonds is 4. The van der Waals surface area contributed by atoms with Crippen LogP contribution < -0.4 is 5.32 Å². The van der Waals surface area contributed by atoms with Crippen LogP contribution in [-0.2, 0) is 11.2 Å². The first-order chi connectivity index (χ1) is 8.24. The molecule has 0 spiro atoms. The molecule has 0 radical (unpaired) electrons. The number of H-pyrrole nitrogens is 1. The van der Waals surface area contributed by atoms with Gasteiger partial charge in [0.25, 0.3) is 0 Å². The predicted octanol–water partition coefficient (Wildman–Crippen LogP) is 1.37. The van der Waals surface area contributed by atoms with Crippen LogP contribution in [0.4, 0.5) is 0 Å². The molecule has 1 aliphatic carbocycles. The zero-order valence-corrected chi connectivity index (χ0v) is 9.98. The van der Waals surface area contributed by atoms with E-state index in [1.807, 2.05) is 18.5 Å². The molecule has 0 saturated heterocycles. The van der Waals surface area contributed by atoms with Crippen molar-refractivity contribution in [3.05, 3.63) is 24.0 Å². The van der Waals surface area contributed by atoms with E-state index >= 15 is 0 Å². The van der Waals surface area contributed by atoms with Crippen molar-refractivity contribution >= 4 is 5.91 Å². The lowest BCUT2D eigenvalue weighted by Crippen LogP contribution is -2.38. The van der Waals surface area contributed by atoms with Crippen LogP contribution in [-0.4, -0.2) is 28.1 Å². The predicted molar refractivity (Wildman–Crippen MR) is 65.5 cm³/mol. The number of aromatic nitrogens is 1. The van der Waals surface area contributed by atoms with Crippen LogP contribution in [0.15, 0.2) is 18.5 Å². The van der Waals surface area contributed by atoms with E-state index in [1.165, 1.54) is 5.56 Å². The number of aromatic amines is 1. The molecule has 0 atom stereocenters. The summed E-state index contributed by atoms with van der Waals surface area (Å²) in [7, 11) is 0. The maximum atomic E-state index is 11.7. The van der Waals surface area contributed by atoms with Gasteiger partial charge in [-0.05, 0) is 43.7 Å². The topological polar surface area (TPSA) is 65.1 Å². The minimum atomic E-state index is -0.164. The molecule has 1 saturated carbocycles. The Bertz CT molecular complexity index is 340. The van der Waals surface area contributed by atoms with E-state index in [4.69, 9.17) is 0 Å². The maximum Gasteiger partial charge on any atom is 0.220 e. The summed E-state index contributed by atoms with van der Waals surface area (Å²) >= 11 is 0. The quantitative estimate of drug-likeness (QED) is 0.739. The summed E-state index contributed by atoms with van der Waals surface area (Å²) in [5, 5.41) is 12.4. The lowest BCUT2D eigenvalue weighted by molar-refractivity contribution is -0.122. The molecule has 0 aromatic carbocycles. The van der Waals surface area contributed by atoms with Crippen molar-refractivity contribution in [1.29, 1.82) is 0 Å². The number of aryl methyl sites for hydroxylation is 1. The van der Waals surface area contributed by atoms with Gasteiger partial charge < -0.3 is 15.4 Å². The van der Waals surface area contributed by atoms with E-state index in [0.29, 0.717) is 6.42 Å². The van der Waals surface area contributed by atoms with E-state index in [-0.39, 0.29) is 18.1 Å². The molecule has 1 aromatic rings. The van der Waals surface area contributed by atoms with Gasteiger partial charge in [-0.2, -0.15) is 0 Å². The van der Waals surface area contributed by atoms with Crippen molar-refractivity contribution in [2.45, 2.75) is 50.7 Å². The van der Waals surface area contributed by atoms with Crippen LogP contribution in [0, 0.1) is 0 Å². The second kappa shape index (κ2) is 5.87. The van der Waals surface area contributed by atoms with Crippen molar-refractivity contribution in [1.82, 2.24) is 10.3 Å². The van der Waals surface area contributed by atoms with Gasteiger partial charge in [0.05, 0.1) is 6.10 Å². The molecule has 1 heterocycles. The summed E-state index contributed by atoms with van der Waals surface area (Å²) < 4.78 is 0. The fraction of sp³-hybridized carbons (Fsp3) is 0.615. The molecule has 94 valence electrons. The van der Waals surface area contributed by atoms with Crippen molar-refractivity contribution in [2.75, 3.05) is 0 Å². The van der Waals surface area contributed by atoms with Gasteiger partial charge in [0.2, 0.25) is 5.91 Å². The summed E-state index contributed by atoms with van der Waals surface area (Å²) in [6, 6.07) is 2.25. The molecule has 1 amide bonds. The Morgan fingerprint density at radius 1 is 1.41 bits per heavy atom. The molecule has 1 fully saturated rings. The van der Waals surface area contributed by atoms with Crippen LogP contribution in [0.5, 0.6) is 0 Å². The molecule has 1 aromatic heterocycles. The Balaban J connectivity index is 1.67. The maximum absolute atomic E-state index is 11.7. The molecule has 1 aliphatic rings. The Morgan fingerprint density at radius 3 is 2.82 bits per heavy atom. The minimum Gasteiger partial charge on any atom is -0.393 e. The lowest BCUT2D eigenvalue weighted by Gasteiger charge is -2.26. The molecule has 17 heavy (non-hydrogen) atoms. The highest BCUT2D eigenvalue weighted by Gasteiger charge is 2.20. The fourth-order valence-corrected chi connectivity index (χ4v) is 2.29. The molecule has 2 rings (SSSR count). The standard InChI is InChI=1S/C13H20N2O2/c16-12-4-2-11(3-5-12)15-13(17)6-1-10-7-8-14-9-10/h7-9,11-12,14,16H,1-6H2,(H,15,17). The van der Waals surface area contributed by atoms with Gasteiger partial charge in [0.1, 0.15) is 0 Å². The molecule has 0 aliphatic heterocycles. The Hall–Kier alpha value is -1.29. The number of carbonyl (C=O) groups is 1. The van der Waals surface area contributed by atoms with Crippen molar-refractivity contribution in [3.63, 3.8) is 0 Å². The van der Waals surface area contributed by atoms with Gasteiger partial charge in [-0.15, -0.1) is 0 Å². The van der Waals surface area contributed by atoms with E-state index in [0.717, 1.165) is 32.1 Å². The Labute approximate surface area is 101 Å². The number of aliphatic hydroxyl groups excluding tert-OH is 1. The van der Waals surface area contributed by atoms with E-state index in [2.05, 4.69) is 10.3 Å². The smallest absolute Gasteiger partial charge is 0.220 e. The van der Waals surface area contributed by atoms with Gasteiger partial charge in [-0.1, -0.05) is 0 Å². The summed E-state index contributed by atoms with van der Waals surface area (Å²) in [5.41, 5.74) is 1.17. The largest absolute Gasteiger partial charge is 0.393 e. The lowest BCUT2D eigenvalue weighted by atomic mass is 9.93. The SMILES string of the molecule is O=C(CCc1cc[nH]c1)NC1CCC(O)CC1. The third-order valence-electron chi connectivity index (χ3n) is 3.36. The number of carbonyl (C=O) groups excluding carboxylic acids is 1. The number of amides is 1. The molecule has 4 heteroatoms. The Morgan fingerprint density at radius 2 is 2.18 bits per heavy atom. The molecular formula is C13H20N2O2. The Kier molecular flexibility index (Phi) is 4.20. The first kappa shape index (κ1) is 12.2. The van der Waals surface area contributed by atoms with Crippen LogP contribution in [0.1, 0.15) is 37.7 Å². The third-order valence-corrected chi connectivity index (χ3v) is 3.36. The third kappa shape index (κ3) is 3.89. The number of nitrogens with one attached hydrogen (secondary N) is 2. The zero-order chi connectivity index (χ0) is 12.1. The molecule has 0 bridgehead atoms. The number of hydrogen-bond donors (Lipinski definition) is 3. The number of hydrogen-bond acceptors (Lipinski definition) is 2. The zero-order valence-electron chi connectivity index (χ0n) is 9.98. The summed E-state index contributed by atoms with van der Waals surface area (Å²) in [6.07, 6.45) is 8.37. The first-order valence-corrected chi connectivity index (χ1v) is 6.33. The molecular weight excluding hydrogens is 216 g/mol. The first-order valence-electron chi connectivity index (χ1n) is 6.33. The van der Waals surface area contributed by atoms with Gasteiger partial charge in [-0.3, -0.25) is 4.79 Å². The second-order valence-corrected chi connectivity index (χ2v) is 4.79. The highest BCUT2D eigenvalue weighted by Crippen LogP contribution is 2.18.